The Morgan fingerprint density at radius 3 is 2.13 bits per heavy atom. The molecule has 0 unspecified atom stereocenters. The maximum atomic E-state index is 11.8. The first-order valence-corrected chi connectivity index (χ1v) is 13.1. The summed E-state index contributed by atoms with van der Waals surface area (Å²) in [5.74, 6) is 1.39. The van der Waals surface area contributed by atoms with Crippen molar-refractivity contribution in [3.8, 4) is 0 Å². The number of rotatable bonds is 8. The van der Waals surface area contributed by atoms with Crippen molar-refractivity contribution in [2.75, 3.05) is 67.8 Å². The quantitative estimate of drug-likeness (QED) is 0.258. The number of hydrogen-bond acceptors (Lipinski definition) is 12. The van der Waals surface area contributed by atoms with E-state index >= 15 is 0 Å². The molecule has 3 aromatic rings. The molecule has 0 bridgehead atoms. The van der Waals surface area contributed by atoms with Crippen LogP contribution in [-0.2, 0) is 9.47 Å². The van der Waals surface area contributed by atoms with Gasteiger partial charge in [-0.1, -0.05) is 35.5 Å². The molecule has 2 aliphatic heterocycles. The number of aromatic nitrogens is 3. The van der Waals surface area contributed by atoms with E-state index in [1.54, 1.807) is 12.1 Å². The Morgan fingerprint density at radius 2 is 1.55 bits per heavy atom. The van der Waals surface area contributed by atoms with Gasteiger partial charge in [0.05, 0.1) is 42.5 Å². The first-order chi connectivity index (χ1) is 18.5. The molecule has 0 amide bonds. The molecule has 198 valence electrons. The lowest BCUT2D eigenvalue weighted by molar-refractivity contribution is -0.387. The number of hydrogen-bond donors (Lipinski definition) is 1. The molecular weight excluding hydrogens is 508 g/mol. The van der Waals surface area contributed by atoms with E-state index in [0.717, 1.165) is 10.5 Å². The van der Waals surface area contributed by atoms with Crippen molar-refractivity contribution in [2.45, 2.75) is 16.7 Å². The SMILES string of the molecule is Cc1ccc(Sc2ccc(/C=N/Nc3nc(N4CCOCC4)nc(N4CCOCC4)n3)cc2[N+](=O)[O-])cc1. The summed E-state index contributed by atoms with van der Waals surface area (Å²) in [4.78, 5) is 30.8. The van der Waals surface area contributed by atoms with Gasteiger partial charge in [0, 0.05) is 42.7 Å². The van der Waals surface area contributed by atoms with Crippen LogP contribution in [0.1, 0.15) is 11.1 Å². The van der Waals surface area contributed by atoms with Crippen LogP contribution in [-0.4, -0.2) is 78.7 Å². The zero-order valence-corrected chi connectivity index (χ0v) is 21.8. The van der Waals surface area contributed by atoms with Gasteiger partial charge in [-0.2, -0.15) is 20.1 Å². The summed E-state index contributed by atoms with van der Waals surface area (Å²) in [6, 6.07) is 12.9. The third-order valence-corrected chi connectivity index (χ3v) is 7.08. The topological polar surface area (TPSA) is 131 Å². The van der Waals surface area contributed by atoms with Gasteiger partial charge < -0.3 is 19.3 Å². The summed E-state index contributed by atoms with van der Waals surface area (Å²) in [5.41, 5.74) is 4.61. The highest BCUT2D eigenvalue weighted by molar-refractivity contribution is 7.99. The summed E-state index contributed by atoms with van der Waals surface area (Å²) in [7, 11) is 0. The van der Waals surface area contributed by atoms with E-state index in [2.05, 4.69) is 35.3 Å². The fourth-order valence-corrected chi connectivity index (χ4v) is 4.86. The molecule has 3 heterocycles. The second-order valence-corrected chi connectivity index (χ2v) is 9.84. The third kappa shape index (κ3) is 6.54. The maximum Gasteiger partial charge on any atom is 0.283 e. The molecule has 1 aromatic heterocycles. The highest BCUT2D eigenvalue weighted by Gasteiger charge is 2.21. The summed E-state index contributed by atoms with van der Waals surface area (Å²) < 4.78 is 10.9. The lowest BCUT2D eigenvalue weighted by atomic mass is 10.2. The average Bonchev–Trinajstić information content (AvgIpc) is 2.95. The molecule has 38 heavy (non-hydrogen) atoms. The highest BCUT2D eigenvalue weighted by atomic mass is 32.2. The number of nitrogens with zero attached hydrogens (tertiary/aromatic N) is 7. The first kappa shape index (κ1) is 25.8. The highest BCUT2D eigenvalue weighted by Crippen LogP contribution is 2.35. The van der Waals surface area contributed by atoms with E-state index in [0.29, 0.717) is 80.9 Å². The molecule has 2 fully saturated rings. The zero-order valence-electron chi connectivity index (χ0n) is 20.9. The molecule has 12 nitrogen and oxygen atoms in total. The van der Waals surface area contributed by atoms with Crippen molar-refractivity contribution in [3.05, 3.63) is 63.7 Å². The van der Waals surface area contributed by atoms with Crippen molar-refractivity contribution in [1.29, 1.82) is 0 Å². The minimum atomic E-state index is -0.378. The van der Waals surface area contributed by atoms with E-state index < -0.39 is 0 Å². The van der Waals surface area contributed by atoms with Crippen molar-refractivity contribution in [2.24, 2.45) is 5.10 Å². The number of hydrazone groups is 1. The summed E-state index contributed by atoms with van der Waals surface area (Å²) in [5, 5.41) is 16.0. The van der Waals surface area contributed by atoms with Crippen LogP contribution in [0.3, 0.4) is 0 Å². The molecule has 0 aliphatic carbocycles. The van der Waals surface area contributed by atoms with E-state index in [9.17, 15) is 10.1 Å². The van der Waals surface area contributed by atoms with Gasteiger partial charge in [0.2, 0.25) is 17.8 Å². The summed E-state index contributed by atoms with van der Waals surface area (Å²) in [6.07, 6.45) is 1.51. The maximum absolute atomic E-state index is 11.8. The largest absolute Gasteiger partial charge is 0.378 e. The molecule has 5 rings (SSSR count). The van der Waals surface area contributed by atoms with Crippen molar-refractivity contribution in [3.63, 3.8) is 0 Å². The number of aryl methyl sites for hydroxylation is 1. The van der Waals surface area contributed by atoms with Crippen LogP contribution in [0, 0.1) is 17.0 Å². The van der Waals surface area contributed by atoms with Gasteiger partial charge >= 0.3 is 0 Å². The normalized spacial score (nSPS) is 16.1. The molecule has 2 aliphatic rings. The molecule has 2 aromatic carbocycles. The number of anilines is 3. The monoisotopic (exact) mass is 536 g/mol. The number of morpholine rings is 2. The third-order valence-electron chi connectivity index (χ3n) is 6.01. The van der Waals surface area contributed by atoms with Crippen LogP contribution in [0.25, 0.3) is 0 Å². The Kier molecular flexibility index (Phi) is 8.26. The van der Waals surface area contributed by atoms with E-state index in [1.165, 1.54) is 24.0 Å². The smallest absolute Gasteiger partial charge is 0.283 e. The Bertz CT molecular complexity index is 1260. The van der Waals surface area contributed by atoms with Gasteiger partial charge in [-0.3, -0.25) is 10.1 Å². The lowest BCUT2D eigenvalue weighted by Gasteiger charge is -2.30. The zero-order chi connectivity index (χ0) is 26.3. The minimum Gasteiger partial charge on any atom is -0.378 e. The van der Waals surface area contributed by atoms with Crippen molar-refractivity contribution in [1.82, 2.24) is 15.0 Å². The molecule has 0 radical (unpaired) electrons. The average molecular weight is 537 g/mol. The van der Waals surface area contributed by atoms with Gasteiger partial charge in [0.15, 0.2) is 0 Å². The predicted octanol–water partition coefficient (Wildman–Crippen LogP) is 3.36. The first-order valence-electron chi connectivity index (χ1n) is 12.3. The van der Waals surface area contributed by atoms with Gasteiger partial charge in [-0.05, 0) is 25.1 Å². The van der Waals surface area contributed by atoms with Crippen LogP contribution in [0.2, 0.25) is 0 Å². The minimum absolute atomic E-state index is 0.0175. The lowest BCUT2D eigenvalue weighted by Crippen LogP contribution is -2.40. The van der Waals surface area contributed by atoms with Gasteiger partial charge in [-0.15, -0.1) is 0 Å². The second-order valence-electron chi connectivity index (χ2n) is 8.73. The molecule has 0 saturated carbocycles. The molecule has 1 N–H and O–H groups in total. The van der Waals surface area contributed by atoms with Crippen LogP contribution in [0.15, 0.2) is 57.4 Å². The molecule has 13 heteroatoms. The van der Waals surface area contributed by atoms with E-state index in [1.807, 2.05) is 31.2 Å². The molecule has 0 atom stereocenters. The van der Waals surface area contributed by atoms with Crippen LogP contribution < -0.4 is 15.2 Å². The number of ether oxygens (including phenoxy) is 2. The summed E-state index contributed by atoms with van der Waals surface area (Å²) in [6.45, 7) is 7.18. The Morgan fingerprint density at radius 1 is 0.947 bits per heavy atom. The number of nitro benzene ring substituents is 1. The number of nitro groups is 1. The van der Waals surface area contributed by atoms with E-state index in [4.69, 9.17) is 9.47 Å². The van der Waals surface area contributed by atoms with Crippen LogP contribution >= 0.6 is 11.8 Å². The Labute approximate surface area is 224 Å². The fourth-order valence-electron chi connectivity index (χ4n) is 3.95. The van der Waals surface area contributed by atoms with Gasteiger partial charge in [0.1, 0.15) is 0 Å². The standard InChI is InChI=1S/C25H28N8O4S/c1-18-2-5-20(6-3-18)38-22-7-4-19(16-21(22)33(34)35)17-26-30-23-27-24(31-8-12-36-13-9-31)29-25(28-23)32-10-14-37-15-11-32/h2-7,16-17H,8-15H2,1H3,(H,27,28,29,30)/b26-17+. The van der Waals surface area contributed by atoms with Crippen molar-refractivity contribution < 1.29 is 14.4 Å². The van der Waals surface area contributed by atoms with E-state index in [-0.39, 0.29) is 10.6 Å². The van der Waals surface area contributed by atoms with Crippen LogP contribution in [0.5, 0.6) is 0 Å². The Hall–Kier alpha value is -3.81. The van der Waals surface area contributed by atoms with Gasteiger partial charge in [-0.25, -0.2) is 5.43 Å². The number of benzene rings is 2. The molecule has 0 spiro atoms. The Balaban J connectivity index is 1.34. The van der Waals surface area contributed by atoms with Crippen molar-refractivity contribution >= 4 is 41.5 Å². The molecule has 2 saturated heterocycles. The van der Waals surface area contributed by atoms with Gasteiger partial charge in [0.25, 0.3) is 5.69 Å². The number of nitrogens with one attached hydrogen (secondary N) is 1. The summed E-state index contributed by atoms with van der Waals surface area (Å²) >= 11 is 1.36. The second kappa shape index (κ2) is 12.2. The molecular formula is C25H28N8O4S. The predicted molar refractivity (Wildman–Crippen MR) is 146 cm³/mol. The fraction of sp³-hybridized carbons (Fsp3) is 0.360. The van der Waals surface area contributed by atoms with Crippen LogP contribution in [0.4, 0.5) is 23.5 Å².